The molecule has 1 N–H and O–H groups in total. The van der Waals surface area contributed by atoms with E-state index in [-0.39, 0.29) is 5.91 Å². The zero-order valence-corrected chi connectivity index (χ0v) is 15.0. The number of amides is 1. The zero-order chi connectivity index (χ0) is 17.8. The topological polar surface area (TPSA) is 84.2 Å². The molecule has 1 fully saturated rings. The van der Waals surface area contributed by atoms with Crippen LogP contribution < -0.4 is 5.32 Å². The number of aromatic nitrogens is 3. The van der Waals surface area contributed by atoms with Gasteiger partial charge in [-0.05, 0) is 31.7 Å². The maximum Gasteiger partial charge on any atom is 0.271 e. The highest BCUT2D eigenvalue weighted by Crippen LogP contribution is 2.20. The Hall–Kier alpha value is -2.28. The first kappa shape index (κ1) is 17.5. The quantitative estimate of drug-likeness (QED) is 0.865. The van der Waals surface area contributed by atoms with Gasteiger partial charge in [0, 0.05) is 25.4 Å². The predicted molar refractivity (Wildman–Crippen MR) is 93.1 cm³/mol. The van der Waals surface area contributed by atoms with Gasteiger partial charge in [0.25, 0.3) is 5.91 Å². The number of rotatable bonds is 6. The van der Waals surface area contributed by atoms with Gasteiger partial charge in [-0.2, -0.15) is 0 Å². The summed E-state index contributed by atoms with van der Waals surface area (Å²) in [4.78, 5) is 22.7. The number of likely N-dealkylation sites (tertiary alicyclic amines) is 1. The van der Waals surface area contributed by atoms with Crippen LogP contribution >= 0.6 is 0 Å². The molecule has 3 rings (SSSR count). The fraction of sp³-hybridized carbons (Fsp3) is 0.556. The first-order valence-electron chi connectivity index (χ1n) is 8.76. The van der Waals surface area contributed by atoms with Crippen LogP contribution in [0.4, 0.5) is 0 Å². The van der Waals surface area contributed by atoms with Crippen molar-refractivity contribution < 1.29 is 9.32 Å². The summed E-state index contributed by atoms with van der Waals surface area (Å²) in [6.07, 6.45) is 4.18. The fourth-order valence-corrected chi connectivity index (χ4v) is 2.96. The lowest BCUT2D eigenvalue weighted by atomic mass is 10.1. The lowest BCUT2D eigenvalue weighted by molar-refractivity contribution is 0.0941. The van der Waals surface area contributed by atoms with E-state index >= 15 is 0 Å². The molecule has 7 nitrogen and oxygen atoms in total. The smallest absolute Gasteiger partial charge is 0.271 e. The summed E-state index contributed by atoms with van der Waals surface area (Å²) in [5.74, 6) is 1.56. The largest absolute Gasteiger partial charge is 0.360 e. The summed E-state index contributed by atoms with van der Waals surface area (Å²) in [6, 6.07) is 2.04. The van der Waals surface area contributed by atoms with Crippen LogP contribution in [0.3, 0.4) is 0 Å². The van der Waals surface area contributed by atoms with Crippen LogP contribution in [0, 0.1) is 12.8 Å². The molecule has 0 unspecified atom stereocenters. The highest BCUT2D eigenvalue weighted by Gasteiger charge is 2.24. The van der Waals surface area contributed by atoms with Gasteiger partial charge >= 0.3 is 0 Å². The molecule has 1 saturated heterocycles. The van der Waals surface area contributed by atoms with Crippen LogP contribution in [0.5, 0.6) is 0 Å². The van der Waals surface area contributed by atoms with Gasteiger partial charge in [0.2, 0.25) is 0 Å². The first-order chi connectivity index (χ1) is 12.0. The minimum atomic E-state index is -0.164. The molecule has 1 aliphatic rings. The van der Waals surface area contributed by atoms with Crippen LogP contribution in [0.25, 0.3) is 0 Å². The lowest BCUT2D eigenvalue weighted by Gasteiger charge is -2.14. The van der Waals surface area contributed by atoms with Crippen molar-refractivity contribution in [1.82, 2.24) is 25.3 Å². The molecule has 1 amide bonds. The molecule has 0 radical (unpaired) electrons. The fourth-order valence-electron chi connectivity index (χ4n) is 2.96. The third kappa shape index (κ3) is 4.63. The van der Waals surface area contributed by atoms with Crippen molar-refractivity contribution in [2.45, 2.75) is 39.7 Å². The van der Waals surface area contributed by atoms with E-state index in [0.29, 0.717) is 24.1 Å². The Kier molecular flexibility index (Phi) is 5.43. The summed E-state index contributed by atoms with van der Waals surface area (Å²) in [6.45, 7) is 9.43. The molecule has 0 aromatic carbocycles. The van der Waals surface area contributed by atoms with Crippen LogP contribution in [0.15, 0.2) is 23.0 Å². The Labute approximate surface area is 147 Å². The zero-order valence-electron chi connectivity index (χ0n) is 15.0. The Morgan fingerprint density at radius 3 is 2.92 bits per heavy atom. The van der Waals surface area contributed by atoms with Gasteiger partial charge in [0.05, 0.1) is 24.1 Å². The van der Waals surface area contributed by atoms with Crippen LogP contribution in [-0.4, -0.2) is 45.6 Å². The normalized spacial score (nSPS) is 18.0. The molecule has 0 aliphatic carbocycles. The molecular formula is C18H25N5O2. The second-order valence-electron chi connectivity index (χ2n) is 7.02. The van der Waals surface area contributed by atoms with Crippen molar-refractivity contribution in [2.24, 2.45) is 5.92 Å². The monoisotopic (exact) mass is 343 g/mol. The van der Waals surface area contributed by atoms with Crippen molar-refractivity contribution in [2.75, 3.05) is 19.6 Å². The molecule has 0 spiro atoms. The van der Waals surface area contributed by atoms with E-state index in [4.69, 9.17) is 4.52 Å². The standard InChI is InChI=1S/C18H25N5O2/c1-12(2)16-6-15(25-22-16)11-23-5-4-14(10-23)8-21-18(24)17-9-19-13(3)7-20-17/h6-7,9,12,14H,4-5,8,10-11H2,1-3H3,(H,21,24)/t14-/m0/s1. The second-order valence-corrected chi connectivity index (χ2v) is 7.02. The summed E-state index contributed by atoms with van der Waals surface area (Å²) in [5.41, 5.74) is 2.16. The van der Waals surface area contributed by atoms with Crippen LogP contribution in [0.2, 0.25) is 0 Å². The number of hydrogen-bond acceptors (Lipinski definition) is 6. The number of nitrogens with zero attached hydrogens (tertiary/aromatic N) is 4. The molecule has 1 aliphatic heterocycles. The van der Waals surface area contributed by atoms with Gasteiger partial charge in [-0.25, -0.2) is 4.98 Å². The predicted octanol–water partition coefficient (Wildman–Crippen LogP) is 2.15. The molecule has 2 aromatic heterocycles. The third-order valence-electron chi connectivity index (χ3n) is 4.48. The van der Waals surface area contributed by atoms with E-state index in [2.05, 4.69) is 39.2 Å². The lowest BCUT2D eigenvalue weighted by Crippen LogP contribution is -2.31. The Balaban J connectivity index is 1.44. The Morgan fingerprint density at radius 1 is 1.40 bits per heavy atom. The first-order valence-corrected chi connectivity index (χ1v) is 8.76. The van der Waals surface area contributed by atoms with E-state index in [1.165, 1.54) is 6.20 Å². The summed E-state index contributed by atoms with van der Waals surface area (Å²) in [5, 5.41) is 7.06. The summed E-state index contributed by atoms with van der Waals surface area (Å²) >= 11 is 0. The highest BCUT2D eigenvalue weighted by atomic mass is 16.5. The minimum absolute atomic E-state index is 0.164. The Bertz CT molecular complexity index is 711. The number of carbonyl (C=O) groups is 1. The van der Waals surface area contributed by atoms with Crippen molar-refractivity contribution in [3.63, 3.8) is 0 Å². The molecule has 0 bridgehead atoms. The third-order valence-corrected chi connectivity index (χ3v) is 4.48. The van der Waals surface area contributed by atoms with E-state index in [0.717, 1.165) is 43.2 Å². The molecule has 7 heteroatoms. The van der Waals surface area contributed by atoms with Gasteiger partial charge < -0.3 is 9.84 Å². The SMILES string of the molecule is Cc1cnc(C(=O)NC[C@@H]2CCN(Cc3cc(C(C)C)no3)C2)cn1. The van der Waals surface area contributed by atoms with Crippen LogP contribution in [0.1, 0.15) is 53.8 Å². The number of aryl methyl sites for hydroxylation is 1. The van der Waals surface area contributed by atoms with E-state index in [9.17, 15) is 4.79 Å². The van der Waals surface area contributed by atoms with Gasteiger partial charge in [-0.1, -0.05) is 19.0 Å². The van der Waals surface area contributed by atoms with E-state index < -0.39 is 0 Å². The molecule has 134 valence electrons. The van der Waals surface area contributed by atoms with Crippen LogP contribution in [-0.2, 0) is 6.54 Å². The maximum atomic E-state index is 12.1. The molecule has 0 saturated carbocycles. The second kappa shape index (κ2) is 7.74. The maximum absolute atomic E-state index is 12.1. The minimum Gasteiger partial charge on any atom is -0.360 e. The number of nitrogens with one attached hydrogen (secondary N) is 1. The van der Waals surface area contributed by atoms with E-state index in [1.807, 2.05) is 13.0 Å². The number of carbonyl (C=O) groups excluding carboxylic acids is 1. The number of hydrogen-bond donors (Lipinski definition) is 1. The summed E-state index contributed by atoms with van der Waals surface area (Å²) in [7, 11) is 0. The molecule has 25 heavy (non-hydrogen) atoms. The molecule has 3 heterocycles. The van der Waals surface area contributed by atoms with E-state index in [1.54, 1.807) is 6.20 Å². The molecular weight excluding hydrogens is 318 g/mol. The average molecular weight is 343 g/mol. The average Bonchev–Trinajstić information content (AvgIpc) is 3.23. The summed E-state index contributed by atoms with van der Waals surface area (Å²) < 4.78 is 5.41. The van der Waals surface area contributed by atoms with Crippen molar-refractivity contribution >= 4 is 5.91 Å². The van der Waals surface area contributed by atoms with Crippen molar-refractivity contribution in [1.29, 1.82) is 0 Å². The molecule has 2 aromatic rings. The van der Waals surface area contributed by atoms with Crippen molar-refractivity contribution in [3.8, 4) is 0 Å². The van der Waals surface area contributed by atoms with Crippen molar-refractivity contribution in [3.05, 3.63) is 41.3 Å². The Morgan fingerprint density at radius 2 is 2.24 bits per heavy atom. The molecule has 1 atom stereocenters. The van der Waals surface area contributed by atoms with Gasteiger partial charge in [-0.15, -0.1) is 0 Å². The van der Waals surface area contributed by atoms with Gasteiger partial charge in [0.1, 0.15) is 5.69 Å². The van der Waals surface area contributed by atoms with Gasteiger partial charge in [0.15, 0.2) is 5.76 Å². The van der Waals surface area contributed by atoms with Gasteiger partial charge in [-0.3, -0.25) is 14.7 Å². The highest BCUT2D eigenvalue weighted by molar-refractivity contribution is 5.91.